The molecule has 2 N–H and O–H groups in total. The SMILES string of the molecule is Cc1cccc(-c2[nH]c(Cc3cccc(F)c3)nc2-c2ccc3nc(C)ccc3c2)n1.Cc1cccc(-c2[nH]c(Cc3cccc(S(C)(=O)=O)c3)nc2-c2ccc3nc(C)ccc3c2)n1. The zero-order valence-electron chi connectivity index (χ0n) is 36.6. The summed E-state index contributed by atoms with van der Waals surface area (Å²) in [7, 11) is -3.28. The van der Waals surface area contributed by atoms with Crippen molar-refractivity contribution in [2.75, 3.05) is 6.26 Å². The first-order valence-electron chi connectivity index (χ1n) is 21.2. The summed E-state index contributed by atoms with van der Waals surface area (Å²) in [6, 6.07) is 45.8. The van der Waals surface area contributed by atoms with Crippen LogP contribution in [0.3, 0.4) is 0 Å². The molecule has 6 aromatic heterocycles. The fourth-order valence-electron chi connectivity index (χ4n) is 7.83. The average molecular weight is 877 g/mol. The molecule has 0 aliphatic heterocycles. The number of pyridine rings is 4. The Morgan fingerprint density at radius 3 is 1.42 bits per heavy atom. The zero-order valence-corrected chi connectivity index (χ0v) is 37.4. The number of imidazole rings is 2. The molecule has 12 heteroatoms. The highest BCUT2D eigenvalue weighted by Gasteiger charge is 2.19. The number of nitrogens with one attached hydrogen (secondary N) is 2. The molecule has 0 unspecified atom stereocenters. The van der Waals surface area contributed by atoms with Crippen molar-refractivity contribution in [2.24, 2.45) is 0 Å². The van der Waals surface area contributed by atoms with E-state index in [1.54, 1.807) is 24.3 Å². The van der Waals surface area contributed by atoms with Gasteiger partial charge in [0.05, 0.1) is 50.1 Å². The van der Waals surface area contributed by atoms with Crippen LogP contribution in [0.2, 0.25) is 0 Å². The van der Waals surface area contributed by atoms with Gasteiger partial charge in [-0.15, -0.1) is 0 Å². The Morgan fingerprint density at radius 2 is 0.938 bits per heavy atom. The second-order valence-corrected chi connectivity index (χ2v) is 18.3. The molecule has 0 bridgehead atoms. The highest BCUT2D eigenvalue weighted by Crippen LogP contribution is 2.34. The predicted molar refractivity (Wildman–Crippen MR) is 256 cm³/mol. The lowest BCUT2D eigenvalue weighted by Gasteiger charge is -2.05. The maximum atomic E-state index is 13.7. The van der Waals surface area contributed by atoms with Crippen LogP contribution in [0.4, 0.5) is 4.39 Å². The summed E-state index contributed by atoms with van der Waals surface area (Å²) in [5.41, 5.74) is 14.3. The van der Waals surface area contributed by atoms with Gasteiger partial charge in [0, 0.05) is 63.8 Å². The molecule has 10 aromatic rings. The van der Waals surface area contributed by atoms with Crippen LogP contribution in [0.1, 0.15) is 45.6 Å². The van der Waals surface area contributed by atoms with Crippen molar-refractivity contribution in [3.8, 4) is 45.3 Å². The number of sulfone groups is 1. The van der Waals surface area contributed by atoms with Crippen molar-refractivity contribution >= 4 is 31.6 Å². The van der Waals surface area contributed by atoms with Crippen LogP contribution in [0.5, 0.6) is 0 Å². The molecule has 0 amide bonds. The van der Waals surface area contributed by atoms with Crippen LogP contribution in [-0.2, 0) is 22.7 Å². The highest BCUT2D eigenvalue weighted by molar-refractivity contribution is 7.90. The van der Waals surface area contributed by atoms with E-state index >= 15 is 0 Å². The van der Waals surface area contributed by atoms with Crippen molar-refractivity contribution in [1.82, 2.24) is 39.9 Å². The minimum atomic E-state index is -3.28. The molecule has 0 spiro atoms. The number of nitrogens with zero attached hydrogens (tertiary/aromatic N) is 6. The highest BCUT2D eigenvalue weighted by atomic mass is 32.2. The molecule has 65 heavy (non-hydrogen) atoms. The van der Waals surface area contributed by atoms with Crippen LogP contribution in [-0.4, -0.2) is 54.5 Å². The van der Waals surface area contributed by atoms with E-state index in [1.165, 1.54) is 18.4 Å². The molecule has 4 aromatic carbocycles. The second kappa shape index (κ2) is 17.8. The summed E-state index contributed by atoms with van der Waals surface area (Å²) in [6.07, 6.45) is 2.19. The Hall–Kier alpha value is -7.70. The van der Waals surface area contributed by atoms with Gasteiger partial charge in [0.1, 0.15) is 17.5 Å². The Bertz CT molecular complexity index is 3510. The van der Waals surface area contributed by atoms with E-state index in [1.807, 2.05) is 113 Å². The molecule has 6 heterocycles. The fraction of sp³-hybridized carbons (Fsp3) is 0.132. The first-order valence-corrected chi connectivity index (χ1v) is 23.1. The number of hydrogen-bond donors (Lipinski definition) is 2. The van der Waals surface area contributed by atoms with Gasteiger partial charge in [0.15, 0.2) is 9.84 Å². The zero-order chi connectivity index (χ0) is 45.2. The molecular weight excluding hydrogens is 832 g/mol. The van der Waals surface area contributed by atoms with Gasteiger partial charge in [0.2, 0.25) is 0 Å². The number of benzene rings is 4. The maximum Gasteiger partial charge on any atom is 0.175 e. The van der Waals surface area contributed by atoms with Gasteiger partial charge in [-0.1, -0.05) is 60.7 Å². The number of rotatable bonds is 9. The number of H-pyrrole nitrogens is 2. The summed E-state index contributed by atoms with van der Waals surface area (Å²) >= 11 is 0. The number of aromatic amines is 2. The fourth-order valence-corrected chi connectivity index (χ4v) is 8.53. The molecule has 322 valence electrons. The number of halogens is 1. The summed E-state index contributed by atoms with van der Waals surface area (Å²) in [6.45, 7) is 7.90. The van der Waals surface area contributed by atoms with Gasteiger partial charge in [-0.2, -0.15) is 0 Å². The van der Waals surface area contributed by atoms with Crippen LogP contribution in [0.15, 0.2) is 150 Å². The molecule has 10 nitrogen and oxygen atoms in total. The third kappa shape index (κ3) is 9.78. The number of fused-ring (bicyclic) bond motifs is 2. The van der Waals surface area contributed by atoms with E-state index in [0.717, 1.165) is 113 Å². The minimum Gasteiger partial charge on any atom is -0.340 e. The molecule has 10 rings (SSSR count). The van der Waals surface area contributed by atoms with Gasteiger partial charge in [-0.25, -0.2) is 22.8 Å². The molecule has 0 aliphatic carbocycles. The Kier molecular flexibility index (Phi) is 11.7. The van der Waals surface area contributed by atoms with E-state index in [9.17, 15) is 12.8 Å². The summed E-state index contributed by atoms with van der Waals surface area (Å²) in [5, 5.41) is 2.09. The Balaban J connectivity index is 0.000000165. The quantitative estimate of drug-likeness (QED) is 0.146. The lowest BCUT2D eigenvalue weighted by molar-refractivity contribution is 0.601. The van der Waals surface area contributed by atoms with Crippen LogP contribution in [0, 0.1) is 33.5 Å². The van der Waals surface area contributed by atoms with Crippen molar-refractivity contribution in [2.45, 2.75) is 45.4 Å². The van der Waals surface area contributed by atoms with E-state index in [4.69, 9.17) is 19.9 Å². The van der Waals surface area contributed by atoms with E-state index in [-0.39, 0.29) is 5.82 Å². The monoisotopic (exact) mass is 876 g/mol. The topological polar surface area (TPSA) is 143 Å². The smallest absolute Gasteiger partial charge is 0.175 e. The van der Waals surface area contributed by atoms with E-state index in [2.05, 4.69) is 44.2 Å². The molecule has 0 atom stereocenters. The summed E-state index contributed by atoms with van der Waals surface area (Å²) < 4.78 is 37.6. The number of hydrogen-bond acceptors (Lipinski definition) is 8. The van der Waals surface area contributed by atoms with Crippen molar-refractivity contribution in [1.29, 1.82) is 0 Å². The van der Waals surface area contributed by atoms with Crippen molar-refractivity contribution < 1.29 is 12.8 Å². The molecule has 0 fully saturated rings. The van der Waals surface area contributed by atoms with Crippen molar-refractivity contribution in [3.05, 3.63) is 197 Å². The molecular formula is C53H45FN8O2S. The first kappa shape index (κ1) is 42.6. The van der Waals surface area contributed by atoms with E-state index in [0.29, 0.717) is 17.7 Å². The first-order chi connectivity index (χ1) is 31.3. The summed E-state index contributed by atoms with van der Waals surface area (Å²) in [4.78, 5) is 35.6. The van der Waals surface area contributed by atoms with E-state index < -0.39 is 9.84 Å². The molecule has 0 aliphatic rings. The lowest BCUT2D eigenvalue weighted by Crippen LogP contribution is -1.99. The molecule has 0 saturated carbocycles. The predicted octanol–water partition coefficient (Wildman–Crippen LogP) is 11.3. The standard InChI is InChI=1S/C27H24N4O2S.C26H21FN4/c1-17-6-4-9-24(29-17)27-26(21-12-13-23-20(16-21)11-10-18(2)28-23)30-25(31-27)15-19-7-5-8-22(14-19)34(3,32)33;1-16-5-3-8-23(29-16)26-25(20-11-12-22-19(15-20)10-9-17(2)28-22)30-24(31-26)14-18-6-4-7-21(27)13-18/h4-14,16H,15H2,1-3H3,(H,30,31);3-13,15H,14H2,1-2H3,(H,30,31). The maximum absolute atomic E-state index is 13.7. The molecule has 0 radical (unpaired) electrons. The van der Waals surface area contributed by atoms with Crippen LogP contribution >= 0.6 is 0 Å². The van der Waals surface area contributed by atoms with Gasteiger partial charge >= 0.3 is 0 Å². The normalized spacial score (nSPS) is 11.5. The Labute approximate surface area is 376 Å². The van der Waals surface area contributed by atoms with Crippen molar-refractivity contribution in [3.63, 3.8) is 0 Å². The van der Waals surface area contributed by atoms with Gasteiger partial charge in [0.25, 0.3) is 0 Å². The second-order valence-electron chi connectivity index (χ2n) is 16.3. The molecule has 0 saturated heterocycles. The number of aryl methyl sites for hydroxylation is 4. The van der Waals surface area contributed by atoms with Gasteiger partial charge in [-0.05, 0) is 124 Å². The third-order valence-electron chi connectivity index (χ3n) is 11.0. The van der Waals surface area contributed by atoms with Crippen LogP contribution < -0.4 is 0 Å². The summed E-state index contributed by atoms with van der Waals surface area (Å²) in [5.74, 6) is 1.25. The van der Waals surface area contributed by atoms with Gasteiger partial charge in [-0.3, -0.25) is 19.9 Å². The van der Waals surface area contributed by atoms with Gasteiger partial charge < -0.3 is 9.97 Å². The average Bonchev–Trinajstić information content (AvgIpc) is 3.91. The lowest BCUT2D eigenvalue weighted by atomic mass is 10.0. The Morgan fingerprint density at radius 1 is 0.477 bits per heavy atom. The third-order valence-corrected chi connectivity index (χ3v) is 12.1. The number of aromatic nitrogens is 8. The largest absolute Gasteiger partial charge is 0.340 e. The minimum absolute atomic E-state index is 0.248. The van der Waals surface area contributed by atoms with Crippen LogP contribution in [0.25, 0.3) is 67.1 Å².